The van der Waals surface area contributed by atoms with Crippen LogP contribution in [0.4, 0.5) is 27.5 Å². The fraction of sp³-hybridized carbons (Fsp3) is 0.150. The van der Waals surface area contributed by atoms with Crippen molar-refractivity contribution in [3.05, 3.63) is 71.7 Å². The number of amides is 1. The Kier molecular flexibility index (Phi) is 5.61. The molecule has 0 saturated heterocycles. The number of rotatable bonds is 6. The molecule has 0 fully saturated rings. The van der Waals surface area contributed by atoms with Crippen LogP contribution in [-0.4, -0.2) is 15.9 Å². The predicted octanol–water partition coefficient (Wildman–Crippen LogP) is 4.24. The first-order chi connectivity index (χ1) is 13.0. The van der Waals surface area contributed by atoms with Crippen molar-refractivity contribution in [2.24, 2.45) is 0 Å². The molecule has 3 rings (SSSR count). The number of hydrogen-bond donors (Lipinski definition) is 3. The summed E-state index contributed by atoms with van der Waals surface area (Å²) in [7, 11) is 0. The Bertz CT molecular complexity index is 943. The molecular formula is C20H20FN5O. The largest absolute Gasteiger partial charge is 0.366 e. The van der Waals surface area contributed by atoms with Crippen LogP contribution in [0.25, 0.3) is 0 Å². The van der Waals surface area contributed by atoms with Crippen LogP contribution in [0, 0.1) is 12.7 Å². The van der Waals surface area contributed by atoms with E-state index in [1.807, 2.05) is 25.1 Å². The summed E-state index contributed by atoms with van der Waals surface area (Å²) < 4.78 is 13.0. The van der Waals surface area contributed by atoms with Gasteiger partial charge in [0.1, 0.15) is 11.6 Å². The molecule has 2 aromatic carbocycles. The van der Waals surface area contributed by atoms with E-state index in [1.54, 1.807) is 24.3 Å². The van der Waals surface area contributed by atoms with E-state index >= 15 is 0 Å². The first-order valence-electron chi connectivity index (χ1n) is 8.46. The summed E-state index contributed by atoms with van der Waals surface area (Å²) in [5.41, 5.74) is 3.20. The van der Waals surface area contributed by atoms with E-state index in [1.165, 1.54) is 19.1 Å². The number of hydrogen-bond acceptors (Lipinski definition) is 5. The van der Waals surface area contributed by atoms with Gasteiger partial charge < -0.3 is 16.0 Å². The number of nitrogens with zero attached hydrogens (tertiary/aromatic N) is 2. The van der Waals surface area contributed by atoms with Gasteiger partial charge in [-0.3, -0.25) is 4.79 Å². The molecule has 27 heavy (non-hydrogen) atoms. The van der Waals surface area contributed by atoms with Crippen LogP contribution in [0.2, 0.25) is 0 Å². The zero-order valence-corrected chi connectivity index (χ0v) is 15.1. The minimum absolute atomic E-state index is 0.133. The van der Waals surface area contributed by atoms with E-state index in [4.69, 9.17) is 0 Å². The Hall–Kier alpha value is -3.48. The van der Waals surface area contributed by atoms with Gasteiger partial charge in [-0.05, 0) is 42.8 Å². The molecule has 0 spiro atoms. The number of aromatic nitrogens is 2. The van der Waals surface area contributed by atoms with Gasteiger partial charge in [0.05, 0.1) is 0 Å². The Balaban J connectivity index is 1.71. The molecule has 0 aliphatic heterocycles. The van der Waals surface area contributed by atoms with Crippen molar-refractivity contribution >= 4 is 29.0 Å². The molecule has 1 aromatic heterocycles. The molecule has 0 radical (unpaired) electrons. The molecule has 1 heterocycles. The van der Waals surface area contributed by atoms with Gasteiger partial charge in [-0.1, -0.05) is 18.2 Å². The van der Waals surface area contributed by atoms with Crippen LogP contribution in [0.15, 0.2) is 54.6 Å². The highest BCUT2D eigenvalue weighted by Crippen LogP contribution is 2.20. The summed E-state index contributed by atoms with van der Waals surface area (Å²) in [6, 6.07) is 15.4. The maximum atomic E-state index is 13.0. The summed E-state index contributed by atoms with van der Waals surface area (Å²) in [5, 5.41) is 9.09. The Morgan fingerprint density at radius 2 is 1.78 bits per heavy atom. The van der Waals surface area contributed by atoms with Crippen molar-refractivity contribution in [3.63, 3.8) is 0 Å². The fourth-order valence-electron chi connectivity index (χ4n) is 2.52. The van der Waals surface area contributed by atoms with Gasteiger partial charge in [-0.25, -0.2) is 9.37 Å². The topological polar surface area (TPSA) is 78.9 Å². The highest BCUT2D eigenvalue weighted by atomic mass is 19.1. The first-order valence-corrected chi connectivity index (χ1v) is 8.46. The number of carbonyl (C=O) groups excluding carboxylic acids is 1. The Morgan fingerprint density at radius 1 is 1.04 bits per heavy atom. The zero-order chi connectivity index (χ0) is 19.2. The summed E-state index contributed by atoms with van der Waals surface area (Å²) in [5.74, 6) is 0.708. The number of halogens is 1. The Morgan fingerprint density at radius 3 is 2.52 bits per heavy atom. The quantitative estimate of drug-likeness (QED) is 0.609. The van der Waals surface area contributed by atoms with Crippen molar-refractivity contribution in [2.75, 3.05) is 16.0 Å². The summed E-state index contributed by atoms with van der Waals surface area (Å²) in [6.45, 7) is 3.86. The van der Waals surface area contributed by atoms with E-state index in [0.717, 1.165) is 16.9 Å². The lowest BCUT2D eigenvalue weighted by Gasteiger charge is -2.11. The molecule has 0 unspecified atom stereocenters. The van der Waals surface area contributed by atoms with Gasteiger partial charge in [0, 0.05) is 36.6 Å². The van der Waals surface area contributed by atoms with Gasteiger partial charge in [-0.15, -0.1) is 0 Å². The minimum Gasteiger partial charge on any atom is -0.366 e. The maximum Gasteiger partial charge on any atom is 0.229 e. The van der Waals surface area contributed by atoms with Crippen LogP contribution >= 0.6 is 0 Å². The zero-order valence-electron chi connectivity index (χ0n) is 15.1. The highest BCUT2D eigenvalue weighted by molar-refractivity contribution is 5.89. The van der Waals surface area contributed by atoms with Crippen molar-refractivity contribution in [1.29, 1.82) is 0 Å². The third-order valence-electron chi connectivity index (χ3n) is 3.68. The minimum atomic E-state index is -0.260. The van der Waals surface area contributed by atoms with Crippen molar-refractivity contribution < 1.29 is 9.18 Å². The summed E-state index contributed by atoms with van der Waals surface area (Å²) in [6.07, 6.45) is 0. The van der Waals surface area contributed by atoms with Crippen LogP contribution < -0.4 is 16.0 Å². The molecule has 6 nitrogen and oxygen atoms in total. The number of benzene rings is 2. The molecule has 1 amide bonds. The number of nitrogens with one attached hydrogen (secondary N) is 3. The standard InChI is InChI=1S/C20H20FN5O/c1-13-10-19(22-12-15-6-8-16(21)9-7-15)26-20(23-13)25-18-5-3-4-17(11-18)24-14(2)27/h3-11H,12H2,1-2H3,(H,24,27)(H2,22,23,25,26). The molecule has 0 aliphatic carbocycles. The van der Waals surface area contributed by atoms with Crippen LogP contribution in [-0.2, 0) is 11.3 Å². The van der Waals surface area contributed by atoms with Gasteiger partial charge in [-0.2, -0.15) is 4.98 Å². The van der Waals surface area contributed by atoms with Crippen molar-refractivity contribution in [1.82, 2.24) is 9.97 Å². The summed E-state index contributed by atoms with van der Waals surface area (Å²) >= 11 is 0. The van der Waals surface area contributed by atoms with E-state index in [-0.39, 0.29) is 11.7 Å². The lowest BCUT2D eigenvalue weighted by Crippen LogP contribution is -2.07. The Labute approximate surface area is 156 Å². The molecule has 0 saturated carbocycles. The monoisotopic (exact) mass is 365 g/mol. The second kappa shape index (κ2) is 8.27. The van der Waals surface area contributed by atoms with Gasteiger partial charge in [0.15, 0.2) is 0 Å². The molecular weight excluding hydrogens is 345 g/mol. The number of carbonyl (C=O) groups is 1. The van der Waals surface area contributed by atoms with E-state index in [9.17, 15) is 9.18 Å². The number of anilines is 4. The molecule has 0 atom stereocenters. The predicted molar refractivity (Wildman–Crippen MR) is 105 cm³/mol. The smallest absolute Gasteiger partial charge is 0.229 e. The van der Waals surface area contributed by atoms with Crippen LogP contribution in [0.1, 0.15) is 18.2 Å². The average molecular weight is 365 g/mol. The molecule has 0 aliphatic rings. The lowest BCUT2D eigenvalue weighted by molar-refractivity contribution is -0.114. The van der Waals surface area contributed by atoms with Crippen molar-refractivity contribution in [3.8, 4) is 0 Å². The van der Waals surface area contributed by atoms with Crippen molar-refractivity contribution in [2.45, 2.75) is 20.4 Å². The SMILES string of the molecule is CC(=O)Nc1cccc(Nc2nc(C)cc(NCc3ccc(F)cc3)n2)c1. The third-order valence-corrected chi connectivity index (χ3v) is 3.68. The van der Waals surface area contributed by atoms with Gasteiger partial charge in [0.2, 0.25) is 11.9 Å². The lowest BCUT2D eigenvalue weighted by atomic mass is 10.2. The molecule has 138 valence electrons. The normalized spacial score (nSPS) is 10.3. The van der Waals surface area contributed by atoms with E-state index < -0.39 is 0 Å². The third kappa shape index (κ3) is 5.50. The van der Waals surface area contributed by atoms with Crippen LogP contribution in [0.3, 0.4) is 0 Å². The highest BCUT2D eigenvalue weighted by Gasteiger charge is 2.05. The fourth-order valence-corrected chi connectivity index (χ4v) is 2.52. The second-order valence-corrected chi connectivity index (χ2v) is 6.09. The molecule has 3 N–H and O–H groups in total. The molecule has 3 aromatic rings. The molecule has 7 heteroatoms. The molecule has 0 bridgehead atoms. The maximum absolute atomic E-state index is 13.0. The van der Waals surface area contributed by atoms with Crippen LogP contribution in [0.5, 0.6) is 0 Å². The van der Waals surface area contributed by atoms with Gasteiger partial charge in [0.25, 0.3) is 0 Å². The van der Waals surface area contributed by atoms with E-state index in [0.29, 0.717) is 24.0 Å². The average Bonchev–Trinajstić information content (AvgIpc) is 2.60. The number of aryl methyl sites for hydroxylation is 1. The first kappa shape index (κ1) is 18.3. The second-order valence-electron chi connectivity index (χ2n) is 6.09. The van der Waals surface area contributed by atoms with Gasteiger partial charge >= 0.3 is 0 Å². The summed E-state index contributed by atoms with van der Waals surface area (Å²) in [4.78, 5) is 20.0. The van der Waals surface area contributed by atoms with E-state index in [2.05, 4.69) is 25.9 Å².